The van der Waals surface area contributed by atoms with E-state index in [-0.39, 0.29) is 17.5 Å². The van der Waals surface area contributed by atoms with Gasteiger partial charge in [0.05, 0.1) is 13.2 Å². The van der Waals surface area contributed by atoms with Gasteiger partial charge in [0.25, 0.3) is 11.8 Å². The second kappa shape index (κ2) is 9.30. The van der Waals surface area contributed by atoms with Crippen molar-refractivity contribution < 1.29 is 19.1 Å². The Balaban J connectivity index is 1.43. The number of amides is 3. The number of fused-ring (bicyclic) bond motifs is 1. The van der Waals surface area contributed by atoms with E-state index in [1.54, 1.807) is 21.4 Å². The Labute approximate surface area is 180 Å². The maximum absolute atomic E-state index is 13.1. The van der Waals surface area contributed by atoms with Crippen molar-refractivity contribution in [3.05, 3.63) is 53.3 Å². The number of morpholine rings is 1. The molecule has 164 valence electrons. The molecule has 1 aromatic heterocycles. The van der Waals surface area contributed by atoms with E-state index in [0.29, 0.717) is 51.6 Å². The van der Waals surface area contributed by atoms with Crippen LogP contribution >= 0.6 is 0 Å². The van der Waals surface area contributed by atoms with E-state index < -0.39 is 11.9 Å². The van der Waals surface area contributed by atoms with E-state index in [9.17, 15) is 14.4 Å². The summed E-state index contributed by atoms with van der Waals surface area (Å²) in [7, 11) is 0. The molecular formula is C22H27N5O4. The molecule has 3 heterocycles. The van der Waals surface area contributed by atoms with Gasteiger partial charge in [-0.1, -0.05) is 30.3 Å². The molecule has 1 atom stereocenters. The normalized spacial score (nSPS) is 17.6. The van der Waals surface area contributed by atoms with E-state index >= 15 is 0 Å². The Hall–Kier alpha value is -3.20. The van der Waals surface area contributed by atoms with Gasteiger partial charge in [0.1, 0.15) is 11.7 Å². The lowest BCUT2D eigenvalue weighted by atomic mass is 10.2. The van der Waals surface area contributed by atoms with Crippen molar-refractivity contribution in [1.29, 1.82) is 0 Å². The van der Waals surface area contributed by atoms with Crippen LogP contribution in [0.1, 0.15) is 39.9 Å². The Morgan fingerprint density at radius 1 is 1.13 bits per heavy atom. The van der Waals surface area contributed by atoms with Gasteiger partial charge in [0, 0.05) is 38.8 Å². The molecule has 9 nitrogen and oxygen atoms in total. The zero-order valence-electron chi connectivity index (χ0n) is 17.6. The summed E-state index contributed by atoms with van der Waals surface area (Å²) in [5, 5.41) is 7.05. The molecule has 0 aliphatic carbocycles. The largest absolute Gasteiger partial charge is 0.378 e. The zero-order chi connectivity index (χ0) is 21.8. The summed E-state index contributed by atoms with van der Waals surface area (Å²) >= 11 is 0. The van der Waals surface area contributed by atoms with Gasteiger partial charge >= 0.3 is 0 Å². The standard InChI is InChI=1S/C22H27N5O4/c1-16(21(29)25-10-12-31-13-11-25)23-20(28)18-14-19-22(30)26(8-5-9-27(19)24-18)15-17-6-3-2-4-7-17/h2-4,6-7,14,16H,5,8-13,15H2,1H3,(H,23,28). The molecule has 0 spiro atoms. The summed E-state index contributed by atoms with van der Waals surface area (Å²) in [5.74, 6) is -0.759. The summed E-state index contributed by atoms with van der Waals surface area (Å²) in [6.07, 6.45) is 0.750. The second-order valence-corrected chi connectivity index (χ2v) is 7.84. The van der Waals surface area contributed by atoms with Crippen LogP contribution in [0.15, 0.2) is 36.4 Å². The van der Waals surface area contributed by atoms with Crippen LogP contribution in [-0.4, -0.2) is 76.2 Å². The molecule has 0 saturated carbocycles. The van der Waals surface area contributed by atoms with Gasteiger partial charge in [-0.2, -0.15) is 5.10 Å². The number of nitrogens with one attached hydrogen (secondary N) is 1. The van der Waals surface area contributed by atoms with Gasteiger partial charge in [-0.15, -0.1) is 0 Å². The number of ether oxygens (including phenoxy) is 1. The molecule has 4 rings (SSSR count). The molecule has 0 bridgehead atoms. The predicted molar refractivity (Wildman–Crippen MR) is 112 cm³/mol. The minimum Gasteiger partial charge on any atom is -0.378 e. The van der Waals surface area contributed by atoms with E-state index in [0.717, 1.165) is 12.0 Å². The Morgan fingerprint density at radius 3 is 2.61 bits per heavy atom. The summed E-state index contributed by atoms with van der Waals surface area (Å²) in [4.78, 5) is 41.8. The molecule has 0 radical (unpaired) electrons. The van der Waals surface area contributed by atoms with Crippen molar-refractivity contribution in [2.45, 2.75) is 32.5 Å². The molecule has 1 aromatic carbocycles. The van der Waals surface area contributed by atoms with E-state index in [2.05, 4.69) is 10.4 Å². The smallest absolute Gasteiger partial charge is 0.272 e. The first kappa shape index (κ1) is 21.0. The highest BCUT2D eigenvalue weighted by Crippen LogP contribution is 2.17. The summed E-state index contributed by atoms with van der Waals surface area (Å²) in [5.41, 5.74) is 1.59. The van der Waals surface area contributed by atoms with E-state index in [4.69, 9.17) is 4.74 Å². The number of nitrogens with zero attached hydrogens (tertiary/aromatic N) is 4. The third-order valence-electron chi connectivity index (χ3n) is 5.57. The van der Waals surface area contributed by atoms with Crippen LogP contribution in [0.25, 0.3) is 0 Å². The highest BCUT2D eigenvalue weighted by Gasteiger charge is 2.28. The molecule has 31 heavy (non-hydrogen) atoms. The SMILES string of the molecule is CC(NC(=O)c1cc2n(n1)CCCN(Cc1ccccc1)C2=O)C(=O)N1CCOCC1. The Morgan fingerprint density at radius 2 is 1.87 bits per heavy atom. The number of hydrogen-bond acceptors (Lipinski definition) is 5. The molecule has 3 amide bonds. The first-order chi connectivity index (χ1) is 15.0. The van der Waals surface area contributed by atoms with E-state index in [1.165, 1.54) is 6.07 Å². The van der Waals surface area contributed by atoms with Crippen LogP contribution in [0.5, 0.6) is 0 Å². The van der Waals surface area contributed by atoms with Gasteiger partial charge in [0.15, 0.2) is 5.69 Å². The number of carbonyl (C=O) groups excluding carboxylic acids is 3. The van der Waals surface area contributed by atoms with Crippen molar-refractivity contribution in [2.24, 2.45) is 0 Å². The average molecular weight is 425 g/mol. The van der Waals surface area contributed by atoms with Gasteiger partial charge < -0.3 is 19.9 Å². The molecule has 1 fully saturated rings. The van der Waals surface area contributed by atoms with Crippen molar-refractivity contribution in [3.8, 4) is 0 Å². The third kappa shape index (κ3) is 4.77. The van der Waals surface area contributed by atoms with Gasteiger partial charge in [-0.3, -0.25) is 19.1 Å². The van der Waals surface area contributed by atoms with Crippen molar-refractivity contribution >= 4 is 17.7 Å². The zero-order valence-corrected chi connectivity index (χ0v) is 17.6. The van der Waals surface area contributed by atoms with Crippen LogP contribution in [0.4, 0.5) is 0 Å². The fourth-order valence-electron chi connectivity index (χ4n) is 3.89. The first-order valence-electron chi connectivity index (χ1n) is 10.6. The van der Waals surface area contributed by atoms with Crippen molar-refractivity contribution in [3.63, 3.8) is 0 Å². The summed E-state index contributed by atoms with van der Waals surface area (Å²) < 4.78 is 6.86. The van der Waals surface area contributed by atoms with Gasteiger partial charge in [0.2, 0.25) is 5.91 Å². The molecular weight excluding hydrogens is 398 g/mol. The predicted octanol–water partition coefficient (Wildman–Crippen LogP) is 0.906. The molecule has 1 N–H and O–H groups in total. The molecule has 1 saturated heterocycles. The van der Waals surface area contributed by atoms with Crippen LogP contribution in [-0.2, 0) is 22.6 Å². The number of benzene rings is 1. The second-order valence-electron chi connectivity index (χ2n) is 7.84. The number of rotatable bonds is 5. The fraction of sp³-hybridized carbons (Fsp3) is 0.455. The van der Waals surface area contributed by atoms with Crippen molar-refractivity contribution in [2.75, 3.05) is 32.8 Å². The third-order valence-corrected chi connectivity index (χ3v) is 5.57. The number of carbonyl (C=O) groups is 3. The summed E-state index contributed by atoms with van der Waals surface area (Å²) in [6, 6.07) is 10.7. The minimum atomic E-state index is -0.683. The maximum atomic E-state index is 13.1. The molecule has 2 aromatic rings. The first-order valence-corrected chi connectivity index (χ1v) is 10.6. The molecule has 9 heteroatoms. The number of hydrogen-bond donors (Lipinski definition) is 1. The molecule has 1 unspecified atom stereocenters. The lowest BCUT2D eigenvalue weighted by Crippen LogP contribution is -2.50. The van der Waals surface area contributed by atoms with Crippen LogP contribution < -0.4 is 5.32 Å². The quantitative estimate of drug-likeness (QED) is 0.768. The average Bonchev–Trinajstić information content (AvgIpc) is 3.17. The Kier molecular flexibility index (Phi) is 6.31. The highest BCUT2D eigenvalue weighted by molar-refractivity contribution is 5.99. The van der Waals surface area contributed by atoms with Gasteiger partial charge in [-0.05, 0) is 18.9 Å². The van der Waals surface area contributed by atoms with Crippen molar-refractivity contribution in [1.82, 2.24) is 24.9 Å². The maximum Gasteiger partial charge on any atom is 0.272 e. The molecule has 2 aliphatic heterocycles. The lowest BCUT2D eigenvalue weighted by Gasteiger charge is -2.29. The number of aryl methyl sites for hydroxylation is 1. The lowest BCUT2D eigenvalue weighted by molar-refractivity contribution is -0.136. The highest BCUT2D eigenvalue weighted by atomic mass is 16.5. The monoisotopic (exact) mass is 425 g/mol. The van der Waals surface area contributed by atoms with E-state index in [1.807, 2.05) is 30.3 Å². The topological polar surface area (TPSA) is 96.8 Å². The van der Waals surface area contributed by atoms with Crippen LogP contribution in [0.2, 0.25) is 0 Å². The van der Waals surface area contributed by atoms with Gasteiger partial charge in [-0.25, -0.2) is 0 Å². The molecule has 2 aliphatic rings. The Bertz CT molecular complexity index is 952. The fourth-order valence-corrected chi connectivity index (χ4v) is 3.89. The summed E-state index contributed by atoms with van der Waals surface area (Å²) in [6.45, 7) is 5.39. The van der Waals surface area contributed by atoms with Crippen LogP contribution in [0, 0.1) is 0 Å². The number of aromatic nitrogens is 2. The minimum absolute atomic E-state index is 0.145. The van der Waals surface area contributed by atoms with Crippen LogP contribution in [0.3, 0.4) is 0 Å².